The van der Waals surface area contributed by atoms with Gasteiger partial charge in [-0.2, -0.15) is 21.6 Å². The van der Waals surface area contributed by atoms with E-state index in [1.165, 1.54) is 32.2 Å². The molecule has 1 saturated carbocycles. The molecule has 1 fully saturated rings. The van der Waals surface area contributed by atoms with Gasteiger partial charge in [-0.05, 0) is 31.1 Å². The van der Waals surface area contributed by atoms with Gasteiger partial charge in [-0.15, -0.1) is 0 Å². The summed E-state index contributed by atoms with van der Waals surface area (Å²) in [5.74, 6) is 2.05. The predicted octanol–water partition coefficient (Wildman–Crippen LogP) is 4.22. The molecule has 1 amide bonds. The summed E-state index contributed by atoms with van der Waals surface area (Å²) in [5, 5.41) is 3.00. The van der Waals surface area contributed by atoms with Crippen molar-refractivity contribution in [1.29, 1.82) is 0 Å². The summed E-state index contributed by atoms with van der Waals surface area (Å²) >= 11 is -0.750. The summed E-state index contributed by atoms with van der Waals surface area (Å²) in [6.45, 7) is 4.82. The number of hydrogen-bond donors (Lipinski definition) is 1. The minimum atomic E-state index is -4.24. The van der Waals surface area contributed by atoms with Crippen LogP contribution in [-0.2, 0) is 24.4 Å². The van der Waals surface area contributed by atoms with E-state index in [2.05, 4.69) is 22.2 Å². The monoisotopic (exact) mass is 516 g/mol. The van der Waals surface area contributed by atoms with Crippen LogP contribution < -0.4 is 10.1 Å². The number of halogens is 3. The summed E-state index contributed by atoms with van der Waals surface area (Å²) in [6, 6.07) is 1.50. The first kappa shape index (κ1) is 28.5. The molecule has 1 aliphatic carbocycles. The fourth-order valence-electron chi connectivity index (χ4n) is 4.07. The quantitative estimate of drug-likeness (QED) is 0.564. The molecule has 3 rings (SSSR count). The average Bonchev–Trinajstić information content (AvgIpc) is 3.26. The van der Waals surface area contributed by atoms with Crippen LogP contribution in [0, 0.1) is 11.8 Å². The maximum Gasteiger partial charge on any atom is 0.389 e. The van der Waals surface area contributed by atoms with Gasteiger partial charge in [0.2, 0.25) is 0 Å². The van der Waals surface area contributed by atoms with E-state index in [1.54, 1.807) is 10.8 Å². The molecule has 0 atom stereocenters. The number of nitrogens with one attached hydrogen (secondary N) is 1. The molecule has 35 heavy (non-hydrogen) atoms. The SMILES string of the molecule is CCc1nc(C(=O)NCC2CCC(C)CC2)cn1-c1cnc(CCC(F)(F)F)cc1OC.O=S=O. The van der Waals surface area contributed by atoms with Crippen LogP contribution in [0.2, 0.25) is 0 Å². The molecule has 1 aliphatic rings. The lowest BCUT2D eigenvalue weighted by molar-refractivity contribution is -0.134. The number of methoxy groups -OCH3 is 1. The van der Waals surface area contributed by atoms with Crippen molar-refractivity contribution in [3.05, 3.63) is 35.7 Å². The van der Waals surface area contributed by atoms with E-state index in [9.17, 15) is 18.0 Å². The van der Waals surface area contributed by atoms with Crippen LogP contribution in [-0.4, -0.2) is 48.7 Å². The molecule has 12 heteroatoms. The third-order valence-corrected chi connectivity index (χ3v) is 6.06. The van der Waals surface area contributed by atoms with Gasteiger partial charge in [0.25, 0.3) is 5.91 Å². The lowest BCUT2D eigenvalue weighted by Crippen LogP contribution is -2.31. The summed E-state index contributed by atoms with van der Waals surface area (Å²) in [5.41, 5.74) is 1.13. The van der Waals surface area contributed by atoms with Crippen molar-refractivity contribution in [1.82, 2.24) is 19.9 Å². The molecular formula is C23H31F3N4O4S. The van der Waals surface area contributed by atoms with Crippen molar-refractivity contribution >= 4 is 17.5 Å². The number of hydrogen-bond acceptors (Lipinski definition) is 6. The highest BCUT2D eigenvalue weighted by atomic mass is 32.1. The van der Waals surface area contributed by atoms with Crippen molar-refractivity contribution in [2.75, 3.05) is 13.7 Å². The van der Waals surface area contributed by atoms with Gasteiger partial charge in [0.15, 0.2) is 0 Å². The molecule has 8 nitrogen and oxygen atoms in total. The maximum absolute atomic E-state index is 12.7. The van der Waals surface area contributed by atoms with Gasteiger partial charge in [-0.1, -0.05) is 26.7 Å². The fourth-order valence-corrected chi connectivity index (χ4v) is 4.07. The Hall–Kier alpha value is -2.76. The van der Waals surface area contributed by atoms with Crippen LogP contribution in [0.15, 0.2) is 18.5 Å². The van der Waals surface area contributed by atoms with Gasteiger partial charge >= 0.3 is 17.7 Å². The Bertz CT molecular complexity index is 1010. The smallest absolute Gasteiger partial charge is 0.389 e. The molecule has 2 heterocycles. The van der Waals surface area contributed by atoms with Gasteiger partial charge in [-0.25, -0.2) is 4.98 Å². The number of carbonyl (C=O) groups is 1. The van der Waals surface area contributed by atoms with E-state index in [1.807, 2.05) is 6.92 Å². The zero-order valence-electron chi connectivity index (χ0n) is 20.1. The maximum atomic E-state index is 12.7. The second-order valence-electron chi connectivity index (χ2n) is 8.63. The number of ether oxygens (including phenoxy) is 1. The van der Waals surface area contributed by atoms with E-state index in [0.29, 0.717) is 47.5 Å². The van der Waals surface area contributed by atoms with Crippen LogP contribution >= 0.6 is 0 Å². The minimum absolute atomic E-state index is 0.224. The van der Waals surface area contributed by atoms with Crippen molar-refractivity contribution in [2.24, 2.45) is 11.8 Å². The average molecular weight is 517 g/mol. The Morgan fingerprint density at radius 2 is 1.91 bits per heavy atom. The molecular weight excluding hydrogens is 485 g/mol. The first-order valence-corrected chi connectivity index (χ1v) is 12.2. The molecule has 0 aromatic carbocycles. The standard InChI is InChI=1S/C23H31F3N4O2.O2S/c1-4-21-29-18(22(31)28-12-16-7-5-15(2)6-8-16)14-30(21)19-13-27-17(11-20(19)32-3)9-10-23(24,25)26;1-3-2/h11,13-16H,4-10,12H2,1-3H3,(H,28,31);. The fraction of sp³-hybridized carbons (Fsp3) is 0.609. The predicted molar refractivity (Wildman–Crippen MR) is 124 cm³/mol. The Morgan fingerprint density at radius 3 is 2.49 bits per heavy atom. The van der Waals surface area contributed by atoms with Crippen LogP contribution in [0.5, 0.6) is 5.75 Å². The molecule has 0 aliphatic heterocycles. The van der Waals surface area contributed by atoms with Crippen molar-refractivity contribution in [3.8, 4) is 11.4 Å². The molecule has 0 unspecified atom stereocenters. The summed E-state index contributed by atoms with van der Waals surface area (Å²) in [4.78, 5) is 21.3. The number of alkyl halides is 3. The van der Waals surface area contributed by atoms with E-state index in [4.69, 9.17) is 13.2 Å². The minimum Gasteiger partial charge on any atom is -0.494 e. The number of carbonyl (C=O) groups excluding carboxylic acids is 1. The number of pyridine rings is 1. The highest BCUT2D eigenvalue weighted by molar-refractivity contribution is 7.51. The summed E-state index contributed by atoms with van der Waals surface area (Å²) in [6.07, 6.45) is 2.89. The highest BCUT2D eigenvalue weighted by Crippen LogP contribution is 2.29. The van der Waals surface area contributed by atoms with E-state index in [-0.39, 0.29) is 12.3 Å². The Balaban J connectivity index is 0.00000137. The number of rotatable bonds is 8. The van der Waals surface area contributed by atoms with Crippen molar-refractivity contribution in [2.45, 2.75) is 65.0 Å². The van der Waals surface area contributed by atoms with Crippen LogP contribution in [0.4, 0.5) is 13.2 Å². The topological polar surface area (TPSA) is 103 Å². The Morgan fingerprint density at radius 1 is 1.26 bits per heavy atom. The van der Waals surface area contributed by atoms with E-state index < -0.39 is 24.2 Å². The van der Waals surface area contributed by atoms with Crippen molar-refractivity contribution < 1.29 is 31.1 Å². The first-order valence-electron chi connectivity index (χ1n) is 11.5. The Kier molecular flexibility index (Phi) is 10.9. The van der Waals surface area contributed by atoms with Gasteiger partial charge in [0.05, 0.1) is 13.3 Å². The van der Waals surface area contributed by atoms with Gasteiger partial charge in [0, 0.05) is 37.3 Å². The Labute approximate surface area is 206 Å². The molecule has 194 valence electrons. The molecule has 0 bridgehead atoms. The van der Waals surface area contributed by atoms with Crippen LogP contribution in [0.1, 0.15) is 68.0 Å². The van der Waals surface area contributed by atoms with E-state index >= 15 is 0 Å². The lowest BCUT2D eigenvalue weighted by atomic mass is 9.83. The second-order valence-corrected chi connectivity index (χ2v) is 8.77. The molecule has 2 aromatic heterocycles. The number of nitrogens with zero attached hydrogens (tertiary/aromatic N) is 3. The second kappa shape index (κ2) is 13.4. The highest BCUT2D eigenvalue weighted by Gasteiger charge is 2.27. The molecule has 0 spiro atoms. The van der Waals surface area contributed by atoms with Crippen LogP contribution in [0.3, 0.4) is 0 Å². The van der Waals surface area contributed by atoms with Gasteiger partial charge in [-0.3, -0.25) is 14.3 Å². The van der Waals surface area contributed by atoms with Crippen molar-refractivity contribution in [3.63, 3.8) is 0 Å². The van der Waals surface area contributed by atoms with E-state index in [0.717, 1.165) is 18.8 Å². The third kappa shape index (κ3) is 8.75. The molecule has 1 N–H and O–H groups in total. The lowest BCUT2D eigenvalue weighted by Gasteiger charge is -2.26. The van der Waals surface area contributed by atoms with Crippen LogP contribution in [0.25, 0.3) is 5.69 Å². The summed E-state index contributed by atoms with van der Waals surface area (Å²) in [7, 11) is 1.45. The van der Waals surface area contributed by atoms with Gasteiger partial charge < -0.3 is 10.1 Å². The molecule has 2 aromatic rings. The largest absolute Gasteiger partial charge is 0.494 e. The summed E-state index contributed by atoms with van der Waals surface area (Å²) < 4.78 is 61.3. The number of imidazole rings is 1. The number of aromatic nitrogens is 3. The number of amides is 1. The zero-order valence-corrected chi connectivity index (χ0v) is 20.9. The normalized spacial score (nSPS) is 17.8. The molecule has 0 radical (unpaired) electrons. The zero-order chi connectivity index (χ0) is 26.0. The third-order valence-electron chi connectivity index (χ3n) is 6.06. The molecule has 0 saturated heterocycles. The number of aryl methyl sites for hydroxylation is 2. The first-order chi connectivity index (χ1) is 16.6. The van der Waals surface area contributed by atoms with Gasteiger partial charge in [0.1, 0.15) is 23.0 Å².